The number of ether oxygens (including phenoxy) is 1. The van der Waals surface area contributed by atoms with E-state index in [1.54, 1.807) is 0 Å². The maximum Gasteiger partial charge on any atom is 0.160 e. The topological polar surface area (TPSA) is 35.2 Å². The Morgan fingerprint density at radius 1 is 1.38 bits per heavy atom. The van der Waals surface area contributed by atoms with Crippen LogP contribution in [0.15, 0.2) is 4.47 Å². The molecule has 1 aliphatic rings. The van der Waals surface area contributed by atoms with Gasteiger partial charge in [-0.25, -0.2) is 4.39 Å². The molecule has 0 aliphatic carbocycles. The number of rotatable bonds is 0. The quantitative estimate of drug-likeness (QED) is 0.714. The highest BCUT2D eigenvalue weighted by Crippen LogP contribution is 2.36. The van der Waals surface area contributed by atoms with E-state index in [1.807, 2.05) is 6.92 Å². The number of anilines is 1. The van der Waals surface area contributed by atoms with Crippen molar-refractivity contribution in [3.63, 3.8) is 0 Å². The van der Waals surface area contributed by atoms with Gasteiger partial charge in [0, 0.05) is 5.56 Å². The molecule has 0 saturated carbocycles. The third-order valence-corrected chi connectivity index (χ3v) is 3.23. The van der Waals surface area contributed by atoms with E-state index in [4.69, 9.17) is 10.5 Å². The molecule has 70 valence electrons. The molecular formula is C9H9BrFNO. The van der Waals surface area contributed by atoms with Crippen LogP contribution in [0.4, 0.5) is 10.1 Å². The van der Waals surface area contributed by atoms with Crippen LogP contribution < -0.4 is 5.73 Å². The summed E-state index contributed by atoms with van der Waals surface area (Å²) >= 11 is 3.18. The first-order valence-electron chi connectivity index (χ1n) is 3.95. The SMILES string of the molecule is Cc1c(N)c(F)c(Br)c2c1COC2. The Bertz CT molecular complexity index is 344. The zero-order chi connectivity index (χ0) is 9.59. The molecule has 0 saturated heterocycles. The van der Waals surface area contributed by atoms with Gasteiger partial charge < -0.3 is 10.5 Å². The third-order valence-electron chi connectivity index (χ3n) is 2.41. The number of benzene rings is 1. The molecule has 2 nitrogen and oxygen atoms in total. The monoisotopic (exact) mass is 245 g/mol. The maximum absolute atomic E-state index is 13.4. The normalized spacial score (nSPS) is 14.7. The molecule has 0 atom stereocenters. The number of nitrogen functional groups attached to an aromatic ring is 1. The Morgan fingerprint density at radius 3 is 2.69 bits per heavy atom. The third kappa shape index (κ3) is 1.16. The molecular weight excluding hydrogens is 237 g/mol. The molecule has 1 heterocycles. The van der Waals surface area contributed by atoms with Crippen molar-refractivity contribution in [3.05, 3.63) is 27.0 Å². The lowest BCUT2D eigenvalue weighted by molar-refractivity contribution is 0.134. The highest BCUT2D eigenvalue weighted by Gasteiger charge is 2.22. The summed E-state index contributed by atoms with van der Waals surface area (Å²) in [5, 5.41) is 0. The van der Waals surface area contributed by atoms with Crippen LogP contribution in [-0.4, -0.2) is 0 Å². The van der Waals surface area contributed by atoms with Crippen LogP contribution in [0, 0.1) is 12.7 Å². The number of halogens is 2. The molecule has 0 aromatic heterocycles. The van der Waals surface area contributed by atoms with Gasteiger partial charge in [-0.05, 0) is 34.0 Å². The predicted octanol–water partition coefficient (Wildman–Crippen LogP) is 2.51. The molecule has 1 aliphatic heterocycles. The van der Waals surface area contributed by atoms with Gasteiger partial charge in [0.1, 0.15) is 0 Å². The highest BCUT2D eigenvalue weighted by molar-refractivity contribution is 9.10. The van der Waals surface area contributed by atoms with Crippen molar-refractivity contribution < 1.29 is 9.13 Å². The van der Waals surface area contributed by atoms with Crippen molar-refractivity contribution >= 4 is 21.6 Å². The first kappa shape index (κ1) is 8.97. The maximum atomic E-state index is 13.4. The lowest BCUT2D eigenvalue weighted by Crippen LogP contribution is -2.01. The molecule has 4 heteroatoms. The van der Waals surface area contributed by atoms with Crippen LogP contribution >= 0.6 is 15.9 Å². The first-order chi connectivity index (χ1) is 6.13. The molecule has 0 amide bonds. The zero-order valence-electron chi connectivity index (χ0n) is 7.16. The fourth-order valence-electron chi connectivity index (χ4n) is 1.54. The largest absolute Gasteiger partial charge is 0.396 e. The minimum absolute atomic E-state index is 0.219. The van der Waals surface area contributed by atoms with Crippen molar-refractivity contribution in [1.82, 2.24) is 0 Å². The van der Waals surface area contributed by atoms with Crippen LogP contribution in [0.5, 0.6) is 0 Å². The number of hydrogen-bond donors (Lipinski definition) is 1. The molecule has 0 spiro atoms. The summed E-state index contributed by atoms with van der Waals surface area (Å²) in [6.07, 6.45) is 0. The second-order valence-electron chi connectivity index (χ2n) is 3.12. The Kier molecular flexibility index (Phi) is 2.04. The van der Waals surface area contributed by atoms with Crippen molar-refractivity contribution in [2.75, 3.05) is 5.73 Å². The first-order valence-corrected chi connectivity index (χ1v) is 4.74. The minimum Gasteiger partial charge on any atom is -0.396 e. The molecule has 1 aromatic carbocycles. The molecule has 0 radical (unpaired) electrons. The van der Waals surface area contributed by atoms with Crippen molar-refractivity contribution in [1.29, 1.82) is 0 Å². The fraction of sp³-hybridized carbons (Fsp3) is 0.333. The summed E-state index contributed by atoms with van der Waals surface area (Å²) in [7, 11) is 0. The standard InChI is InChI=1S/C9H9BrFNO/c1-4-5-2-13-3-6(5)7(10)8(11)9(4)12/h2-3,12H2,1H3. The lowest BCUT2D eigenvalue weighted by atomic mass is 10.0. The van der Waals surface area contributed by atoms with Crippen LogP contribution in [-0.2, 0) is 18.0 Å². The van der Waals surface area contributed by atoms with Gasteiger partial charge in [0.25, 0.3) is 0 Å². The van der Waals surface area contributed by atoms with Crippen molar-refractivity contribution in [3.8, 4) is 0 Å². The Balaban J connectivity index is 2.77. The van der Waals surface area contributed by atoms with Gasteiger partial charge in [0.15, 0.2) is 5.82 Å². The minimum atomic E-state index is -0.373. The summed E-state index contributed by atoms with van der Waals surface area (Å²) in [5.74, 6) is -0.373. The van der Waals surface area contributed by atoms with Gasteiger partial charge in [-0.15, -0.1) is 0 Å². The van der Waals surface area contributed by atoms with E-state index in [-0.39, 0.29) is 11.5 Å². The molecule has 0 unspecified atom stereocenters. The average molecular weight is 246 g/mol. The zero-order valence-corrected chi connectivity index (χ0v) is 8.74. The van der Waals surface area contributed by atoms with Crippen LogP contribution in [0.3, 0.4) is 0 Å². The van der Waals surface area contributed by atoms with E-state index in [2.05, 4.69) is 15.9 Å². The van der Waals surface area contributed by atoms with E-state index >= 15 is 0 Å². The summed E-state index contributed by atoms with van der Waals surface area (Å²) in [6, 6.07) is 0. The summed E-state index contributed by atoms with van der Waals surface area (Å²) < 4.78 is 19.1. The summed E-state index contributed by atoms with van der Waals surface area (Å²) in [6.45, 7) is 2.82. The molecule has 2 N–H and O–H groups in total. The predicted molar refractivity (Wildman–Crippen MR) is 51.7 cm³/mol. The smallest absolute Gasteiger partial charge is 0.160 e. The van der Waals surface area contributed by atoms with Gasteiger partial charge in [-0.2, -0.15) is 0 Å². The second-order valence-corrected chi connectivity index (χ2v) is 3.91. The van der Waals surface area contributed by atoms with Gasteiger partial charge in [-0.1, -0.05) is 0 Å². The summed E-state index contributed by atoms with van der Waals surface area (Å²) in [4.78, 5) is 0. The van der Waals surface area contributed by atoms with Gasteiger partial charge in [-0.3, -0.25) is 0 Å². The van der Waals surface area contributed by atoms with Crippen molar-refractivity contribution in [2.24, 2.45) is 0 Å². The van der Waals surface area contributed by atoms with Crippen LogP contribution in [0.25, 0.3) is 0 Å². The second kappa shape index (κ2) is 2.96. The number of hydrogen-bond acceptors (Lipinski definition) is 2. The molecule has 0 bridgehead atoms. The number of fused-ring (bicyclic) bond motifs is 1. The van der Waals surface area contributed by atoms with E-state index in [1.165, 1.54) is 0 Å². The van der Waals surface area contributed by atoms with Gasteiger partial charge >= 0.3 is 0 Å². The van der Waals surface area contributed by atoms with E-state index in [0.717, 1.165) is 16.7 Å². The molecule has 2 rings (SSSR count). The van der Waals surface area contributed by atoms with Gasteiger partial charge in [0.2, 0.25) is 0 Å². The van der Waals surface area contributed by atoms with E-state index in [9.17, 15) is 4.39 Å². The Morgan fingerprint density at radius 2 is 2.00 bits per heavy atom. The Hall–Kier alpha value is -0.610. The number of nitrogens with two attached hydrogens (primary N) is 1. The fourth-order valence-corrected chi connectivity index (χ4v) is 2.11. The summed E-state index contributed by atoms with van der Waals surface area (Å²) in [5.41, 5.74) is 8.53. The molecule has 0 fully saturated rings. The molecule has 1 aromatic rings. The lowest BCUT2D eigenvalue weighted by Gasteiger charge is -2.09. The average Bonchev–Trinajstić information content (AvgIpc) is 2.59. The van der Waals surface area contributed by atoms with E-state index in [0.29, 0.717) is 17.7 Å². The van der Waals surface area contributed by atoms with E-state index < -0.39 is 0 Å². The highest BCUT2D eigenvalue weighted by atomic mass is 79.9. The van der Waals surface area contributed by atoms with Crippen LogP contribution in [0.1, 0.15) is 16.7 Å². The van der Waals surface area contributed by atoms with Crippen LogP contribution in [0.2, 0.25) is 0 Å². The molecule has 13 heavy (non-hydrogen) atoms. The van der Waals surface area contributed by atoms with Gasteiger partial charge in [0.05, 0.1) is 23.4 Å². The Labute approximate surface area is 84.0 Å². The van der Waals surface area contributed by atoms with Crippen molar-refractivity contribution in [2.45, 2.75) is 20.1 Å².